The molecule has 0 unspecified atom stereocenters. The zero-order valence-electron chi connectivity index (χ0n) is 11.4. The smallest absolute Gasteiger partial charge is 0.293 e. The van der Waals surface area contributed by atoms with Gasteiger partial charge in [-0.05, 0) is 38.5 Å². The molecule has 108 valence electrons. The average molecular weight is 276 g/mol. The zero-order chi connectivity index (χ0) is 14.1. The minimum absolute atomic E-state index is 0.0140. The molecule has 20 heavy (non-hydrogen) atoms. The van der Waals surface area contributed by atoms with Crippen molar-refractivity contribution in [1.29, 1.82) is 0 Å². The van der Waals surface area contributed by atoms with Crippen molar-refractivity contribution >= 4 is 11.7 Å². The topological polar surface area (TPSA) is 90.0 Å². The number of anilines is 1. The second kappa shape index (κ2) is 5.26. The van der Waals surface area contributed by atoms with Crippen LogP contribution in [0.1, 0.15) is 44.6 Å². The summed E-state index contributed by atoms with van der Waals surface area (Å²) in [5, 5.41) is 3.24. The molecule has 0 atom stereocenters. The number of amides is 1. The van der Waals surface area contributed by atoms with E-state index < -0.39 is 0 Å². The molecule has 6 nitrogen and oxygen atoms in total. The lowest BCUT2D eigenvalue weighted by Crippen LogP contribution is -2.34. The van der Waals surface area contributed by atoms with Crippen LogP contribution in [-0.4, -0.2) is 21.5 Å². The van der Waals surface area contributed by atoms with Crippen LogP contribution in [0.4, 0.5) is 5.82 Å². The van der Waals surface area contributed by atoms with Crippen LogP contribution in [-0.2, 0) is 4.79 Å². The third-order valence-electron chi connectivity index (χ3n) is 4.28. The van der Waals surface area contributed by atoms with E-state index in [2.05, 4.69) is 10.3 Å². The molecular formula is C14H20N4O2. The van der Waals surface area contributed by atoms with Crippen LogP contribution in [0.25, 0.3) is 0 Å². The van der Waals surface area contributed by atoms with E-state index in [0.717, 1.165) is 38.5 Å². The first kappa shape index (κ1) is 13.1. The summed E-state index contributed by atoms with van der Waals surface area (Å²) >= 11 is 0. The first-order valence-corrected chi connectivity index (χ1v) is 7.28. The number of nitrogens with two attached hydrogens (primary N) is 1. The van der Waals surface area contributed by atoms with Crippen molar-refractivity contribution in [2.24, 2.45) is 11.7 Å². The number of nitrogens with one attached hydrogen (secondary N) is 1. The van der Waals surface area contributed by atoms with E-state index in [1.165, 1.54) is 0 Å². The van der Waals surface area contributed by atoms with E-state index in [4.69, 9.17) is 5.73 Å². The molecule has 2 aliphatic rings. The number of nitrogens with zero attached hydrogens (tertiary/aromatic N) is 2. The Kier molecular flexibility index (Phi) is 3.46. The van der Waals surface area contributed by atoms with Gasteiger partial charge in [-0.25, -0.2) is 4.98 Å². The predicted molar refractivity (Wildman–Crippen MR) is 75.3 cm³/mol. The van der Waals surface area contributed by atoms with Crippen molar-refractivity contribution in [3.05, 3.63) is 22.7 Å². The molecule has 3 rings (SSSR count). The Balaban J connectivity index is 1.65. The second-order valence-electron chi connectivity index (χ2n) is 5.81. The van der Waals surface area contributed by atoms with Gasteiger partial charge < -0.3 is 15.6 Å². The number of hydrogen-bond acceptors (Lipinski definition) is 4. The van der Waals surface area contributed by atoms with Crippen LogP contribution in [0, 0.1) is 5.92 Å². The van der Waals surface area contributed by atoms with Gasteiger partial charge >= 0.3 is 0 Å². The summed E-state index contributed by atoms with van der Waals surface area (Å²) in [6, 6.07) is 0.567. The fraction of sp³-hybridized carbons (Fsp3) is 0.643. The summed E-state index contributed by atoms with van der Waals surface area (Å²) in [7, 11) is 0. The van der Waals surface area contributed by atoms with Crippen LogP contribution < -0.4 is 16.6 Å². The molecule has 1 heterocycles. The van der Waals surface area contributed by atoms with Crippen LogP contribution >= 0.6 is 0 Å². The van der Waals surface area contributed by atoms with E-state index in [1.807, 2.05) is 0 Å². The largest absolute Gasteiger partial charge is 0.369 e. The lowest BCUT2D eigenvalue weighted by molar-refractivity contribution is -0.122. The van der Waals surface area contributed by atoms with Gasteiger partial charge in [-0.3, -0.25) is 9.59 Å². The van der Waals surface area contributed by atoms with E-state index in [1.54, 1.807) is 17.0 Å². The molecule has 3 N–H and O–H groups in total. The highest BCUT2D eigenvalue weighted by Gasteiger charge is 2.27. The van der Waals surface area contributed by atoms with Crippen molar-refractivity contribution in [2.45, 2.75) is 50.6 Å². The highest BCUT2D eigenvalue weighted by Crippen LogP contribution is 2.33. The lowest BCUT2D eigenvalue weighted by Gasteiger charge is -2.27. The Bertz CT molecular complexity index is 557. The van der Waals surface area contributed by atoms with Crippen LogP contribution in [0.5, 0.6) is 0 Å². The van der Waals surface area contributed by atoms with Gasteiger partial charge in [0.25, 0.3) is 5.56 Å². The van der Waals surface area contributed by atoms with Gasteiger partial charge in [0.15, 0.2) is 5.82 Å². The number of carbonyl (C=O) groups is 1. The summed E-state index contributed by atoms with van der Waals surface area (Å²) in [6.07, 6.45) is 8.87. The van der Waals surface area contributed by atoms with Crippen LogP contribution in [0.15, 0.2) is 17.2 Å². The maximum Gasteiger partial charge on any atom is 0.293 e. The zero-order valence-corrected chi connectivity index (χ0v) is 11.4. The van der Waals surface area contributed by atoms with Gasteiger partial charge in [0, 0.05) is 30.4 Å². The molecule has 0 spiro atoms. The van der Waals surface area contributed by atoms with Crippen LogP contribution in [0.3, 0.4) is 0 Å². The monoisotopic (exact) mass is 276 g/mol. The van der Waals surface area contributed by atoms with Gasteiger partial charge in [0.05, 0.1) is 0 Å². The standard InChI is InChI=1S/C14H20N4O2/c15-12(19)9-1-3-10(4-2-9)17-13-14(20)18(8-7-16-13)11-5-6-11/h7-11H,1-6H2,(H2,15,19)(H,16,17). The summed E-state index contributed by atoms with van der Waals surface area (Å²) in [5.41, 5.74) is 5.29. The third kappa shape index (κ3) is 2.69. The Labute approximate surface area is 117 Å². The quantitative estimate of drug-likeness (QED) is 0.859. The Morgan fingerprint density at radius 1 is 1.25 bits per heavy atom. The van der Waals surface area contributed by atoms with Crippen LogP contribution in [0.2, 0.25) is 0 Å². The van der Waals surface area contributed by atoms with Gasteiger partial charge in [-0.2, -0.15) is 0 Å². The van der Waals surface area contributed by atoms with Crippen molar-refractivity contribution in [3.63, 3.8) is 0 Å². The molecular weight excluding hydrogens is 256 g/mol. The number of aromatic nitrogens is 2. The average Bonchev–Trinajstić information content (AvgIpc) is 3.26. The summed E-state index contributed by atoms with van der Waals surface area (Å²) in [6.45, 7) is 0. The highest BCUT2D eigenvalue weighted by atomic mass is 16.1. The van der Waals surface area contributed by atoms with E-state index in [9.17, 15) is 9.59 Å². The highest BCUT2D eigenvalue weighted by molar-refractivity contribution is 5.76. The second-order valence-corrected chi connectivity index (χ2v) is 5.81. The number of hydrogen-bond donors (Lipinski definition) is 2. The van der Waals surface area contributed by atoms with E-state index in [-0.39, 0.29) is 23.4 Å². The molecule has 0 saturated heterocycles. The van der Waals surface area contributed by atoms with Crippen molar-refractivity contribution in [1.82, 2.24) is 9.55 Å². The molecule has 0 aliphatic heterocycles. The maximum absolute atomic E-state index is 12.3. The van der Waals surface area contributed by atoms with Crippen molar-refractivity contribution < 1.29 is 4.79 Å². The van der Waals surface area contributed by atoms with Gasteiger partial charge in [0.1, 0.15) is 0 Å². The minimum atomic E-state index is -0.211. The lowest BCUT2D eigenvalue weighted by atomic mass is 9.85. The third-order valence-corrected chi connectivity index (χ3v) is 4.28. The first-order valence-electron chi connectivity index (χ1n) is 7.28. The SMILES string of the molecule is NC(=O)C1CCC(Nc2nccn(C3CC3)c2=O)CC1. The molecule has 0 radical (unpaired) electrons. The summed E-state index contributed by atoms with van der Waals surface area (Å²) < 4.78 is 1.77. The normalized spacial score (nSPS) is 26.2. The van der Waals surface area contributed by atoms with Crippen molar-refractivity contribution in [3.8, 4) is 0 Å². The van der Waals surface area contributed by atoms with Gasteiger partial charge in [0.2, 0.25) is 5.91 Å². The fourth-order valence-electron chi connectivity index (χ4n) is 2.88. The number of carbonyl (C=O) groups excluding carboxylic acids is 1. The maximum atomic E-state index is 12.3. The summed E-state index contributed by atoms with van der Waals surface area (Å²) in [5.74, 6) is 0.208. The molecule has 0 bridgehead atoms. The first-order chi connectivity index (χ1) is 9.65. The Hall–Kier alpha value is -1.85. The molecule has 2 aliphatic carbocycles. The number of primary amides is 1. The Morgan fingerprint density at radius 2 is 1.95 bits per heavy atom. The molecule has 6 heteroatoms. The molecule has 1 amide bonds. The van der Waals surface area contributed by atoms with Gasteiger partial charge in [-0.15, -0.1) is 0 Å². The molecule has 2 fully saturated rings. The molecule has 1 aromatic rings. The van der Waals surface area contributed by atoms with Gasteiger partial charge in [-0.1, -0.05) is 0 Å². The molecule has 1 aromatic heterocycles. The van der Waals surface area contributed by atoms with E-state index >= 15 is 0 Å². The summed E-state index contributed by atoms with van der Waals surface area (Å²) in [4.78, 5) is 27.6. The fourth-order valence-corrected chi connectivity index (χ4v) is 2.88. The molecule has 0 aromatic carbocycles. The Morgan fingerprint density at radius 3 is 2.55 bits per heavy atom. The predicted octanol–water partition coefficient (Wildman–Crippen LogP) is 1.03. The number of rotatable bonds is 4. The van der Waals surface area contributed by atoms with E-state index in [0.29, 0.717) is 11.9 Å². The molecule has 2 saturated carbocycles. The minimum Gasteiger partial charge on any atom is -0.369 e. The van der Waals surface area contributed by atoms with Crippen molar-refractivity contribution in [2.75, 3.05) is 5.32 Å².